The zero-order valence-electron chi connectivity index (χ0n) is 19.5. The van der Waals surface area contributed by atoms with Crippen molar-refractivity contribution in [1.29, 1.82) is 0 Å². The first-order valence-corrected chi connectivity index (χ1v) is 12.8. The number of aromatic nitrogens is 2. The molecule has 13 heteroatoms. The molecule has 0 radical (unpaired) electrons. The molecule has 0 unspecified atom stereocenters. The molecule has 1 heterocycles. The molecular weight excluding hydrogens is 503 g/mol. The number of halogens is 4. The molecule has 0 saturated carbocycles. The van der Waals surface area contributed by atoms with Crippen molar-refractivity contribution < 1.29 is 36.8 Å². The molecular formula is C23H23F4N4O4P. The Balaban J connectivity index is 2.09. The number of carboxylic acid groups (broad SMARTS) is 1. The van der Waals surface area contributed by atoms with Gasteiger partial charge < -0.3 is 25.0 Å². The summed E-state index contributed by atoms with van der Waals surface area (Å²) in [5, 5.41) is 14.7. The lowest BCUT2D eigenvalue weighted by Crippen LogP contribution is -2.17. The molecule has 0 saturated heterocycles. The van der Waals surface area contributed by atoms with E-state index in [1.807, 2.05) is 0 Å². The van der Waals surface area contributed by atoms with Gasteiger partial charge in [0.2, 0.25) is 5.95 Å². The van der Waals surface area contributed by atoms with E-state index in [0.717, 1.165) is 12.1 Å². The summed E-state index contributed by atoms with van der Waals surface area (Å²) in [6, 6.07) is 8.08. The molecule has 2 aromatic carbocycles. The number of nitrogens with zero attached hydrogens (tertiary/aromatic N) is 2. The highest BCUT2D eigenvalue weighted by Gasteiger charge is 2.36. The molecule has 8 nitrogen and oxygen atoms in total. The summed E-state index contributed by atoms with van der Waals surface area (Å²) in [5.74, 6) is -3.68. The van der Waals surface area contributed by atoms with Crippen LogP contribution in [0.2, 0.25) is 0 Å². The van der Waals surface area contributed by atoms with Crippen LogP contribution in [-0.4, -0.2) is 40.5 Å². The van der Waals surface area contributed by atoms with Gasteiger partial charge in [-0.2, -0.15) is 18.2 Å². The molecule has 0 atom stereocenters. The van der Waals surface area contributed by atoms with Crippen molar-refractivity contribution in [3.8, 4) is 5.75 Å². The number of para-hydroxylation sites is 1. The van der Waals surface area contributed by atoms with Gasteiger partial charge in [-0.15, -0.1) is 0 Å². The van der Waals surface area contributed by atoms with Crippen molar-refractivity contribution in [3.05, 3.63) is 59.5 Å². The number of benzene rings is 2. The van der Waals surface area contributed by atoms with Crippen molar-refractivity contribution in [2.24, 2.45) is 0 Å². The summed E-state index contributed by atoms with van der Waals surface area (Å²) in [6.45, 7) is 3.49. The van der Waals surface area contributed by atoms with E-state index in [9.17, 15) is 26.9 Å². The van der Waals surface area contributed by atoms with E-state index in [4.69, 9.17) is 9.84 Å². The molecule has 36 heavy (non-hydrogen) atoms. The van der Waals surface area contributed by atoms with E-state index in [0.29, 0.717) is 23.8 Å². The van der Waals surface area contributed by atoms with Crippen LogP contribution in [0, 0.1) is 5.82 Å². The van der Waals surface area contributed by atoms with Gasteiger partial charge in [-0.05, 0) is 18.2 Å². The topological polar surface area (TPSA) is 113 Å². The fraction of sp³-hybridized carbons (Fsp3) is 0.261. The lowest BCUT2D eigenvalue weighted by Gasteiger charge is -2.21. The summed E-state index contributed by atoms with van der Waals surface area (Å²) < 4.78 is 73.9. The first kappa shape index (κ1) is 26.9. The van der Waals surface area contributed by atoms with Crippen LogP contribution >= 0.6 is 7.14 Å². The van der Waals surface area contributed by atoms with Crippen LogP contribution in [-0.2, 0) is 10.7 Å². The first-order chi connectivity index (χ1) is 16.9. The van der Waals surface area contributed by atoms with Crippen LogP contribution in [0.4, 0.5) is 40.7 Å². The maximum Gasteiger partial charge on any atom is 0.421 e. The molecule has 0 amide bonds. The van der Waals surface area contributed by atoms with E-state index >= 15 is 0 Å². The third-order valence-corrected chi connectivity index (χ3v) is 8.79. The monoisotopic (exact) mass is 526 g/mol. The van der Waals surface area contributed by atoms with Crippen molar-refractivity contribution in [2.45, 2.75) is 20.0 Å². The maximum atomic E-state index is 14.2. The number of carbonyl (C=O) groups is 1. The SMILES string of the molecule is CCP(=O)(CC)c1ccccc1Nc1nc(Nc2cc(F)c(C(=O)O)cc2OC)ncc1C(F)(F)F. The molecule has 3 N–H and O–H groups in total. The molecule has 0 fully saturated rings. The number of hydrogen-bond acceptors (Lipinski definition) is 7. The minimum atomic E-state index is -4.82. The predicted octanol–water partition coefficient (Wildman–Crippen LogP) is 5.86. The second-order valence-corrected chi connectivity index (χ2v) is 11.1. The fourth-order valence-electron chi connectivity index (χ4n) is 3.48. The summed E-state index contributed by atoms with van der Waals surface area (Å²) >= 11 is 0. The average Bonchev–Trinajstić information content (AvgIpc) is 2.83. The van der Waals surface area contributed by atoms with E-state index in [1.54, 1.807) is 32.0 Å². The summed E-state index contributed by atoms with van der Waals surface area (Å²) in [7, 11) is -1.66. The number of anilines is 4. The number of methoxy groups -OCH3 is 1. The van der Waals surface area contributed by atoms with Crippen molar-refractivity contribution >= 4 is 41.6 Å². The number of nitrogens with one attached hydrogen (secondary N) is 2. The molecule has 3 rings (SSSR count). The lowest BCUT2D eigenvalue weighted by atomic mass is 10.1. The van der Waals surface area contributed by atoms with Gasteiger partial charge in [0.1, 0.15) is 30.1 Å². The van der Waals surface area contributed by atoms with Gasteiger partial charge in [0.15, 0.2) is 0 Å². The Kier molecular flexibility index (Phi) is 7.88. The van der Waals surface area contributed by atoms with Crippen LogP contribution in [0.1, 0.15) is 29.8 Å². The van der Waals surface area contributed by atoms with Gasteiger partial charge in [0.25, 0.3) is 0 Å². The highest BCUT2D eigenvalue weighted by atomic mass is 31.2. The third kappa shape index (κ3) is 5.59. The van der Waals surface area contributed by atoms with Crippen LogP contribution < -0.4 is 20.7 Å². The van der Waals surface area contributed by atoms with Gasteiger partial charge in [-0.1, -0.05) is 26.0 Å². The minimum absolute atomic E-state index is 0.0935. The number of hydrogen-bond donors (Lipinski definition) is 3. The average molecular weight is 526 g/mol. The second kappa shape index (κ2) is 10.5. The summed E-state index contributed by atoms with van der Waals surface area (Å²) in [5.41, 5.74) is -1.73. The van der Waals surface area contributed by atoms with Crippen LogP contribution in [0.15, 0.2) is 42.6 Å². The zero-order chi connectivity index (χ0) is 26.7. The van der Waals surface area contributed by atoms with Crippen LogP contribution in [0.25, 0.3) is 0 Å². The van der Waals surface area contributed by atoms with Gasteiger partial charge in [0, 0.05) is 29.9 Å². The lowest BCUT2D eigenvalue weighted by molar-refractivity contribution is -0.137. The Morgan fingerprint density at radius 3 is 2.36 bits per heavy atom. The number of carboxylic acids is 1. The van der Waals surface area contributed by atoms with E-state index < -0.39 is 42.0 Å². The normalized spacial score (nSPS) is 11.8. The van der Waals surface area contributed by atoms with E-state index in [1.165, 1.54) is 13.2 Å². The minimum Gasteiger partial charge on any atom is -0.495 e. The first-order valence-electron chi connectivity index (χ1n) is 10.7. The highest BCUT2D eigenvalue weighted by molar-refractivity contribution is 7.71. The fourth-order valence-corrected chi connectivity index (χ4v) is 5.53. The standard InChI is InChI=1S/C23H23F4N4O4P/c1-4-36(34,5-2)19-9-7-6-8-16(19)29-20-14(23(25,26)27)12-28-22(31-20)30-17-11-15(24)13(21(32)33)10-18(17)35-3/h6-12H,4-5H2,1-3H3,(H,32,33)(H2,28,29,30,31). The van der Waals surface area contributed by atoms with Crippen molar-refractivity contribution in [2.75, 3.05) is 30.1 Å². The molecule has 0 aliphatic carbocycles. The van der Waals surface area contributed by atoms with E-state index in [-0.39, 0.29) is 23.1 Å². The molecule has 0 aliphatic rings. The molecule has 3 aromatic rings. The smallest absolute Gasteiger partial charge is 0.421 e. The molecule has 0 spiro atoms. The number of alkyl halides is 3. The molecule has 0 bridgehead atoms. The summed E-state index contributed by atoms with van der Waals surface area (Å²) in [4.78, 5) is 18.8. The molecule has 192 valence electrons. The number of rotatable bonds is 9. The highest BCUT2D eigenvalue weighted by Crippen LogP contribution is 2.46. The Morgan fingerprint density at radius 2 is 1.78 bits per heavy atom. The second-order valence-electron chi connectivity index (χ2n) is 7.58. The molecule has 0 aliphatic heterocycles. The van der Waals surface area contributed by atoms with Gasteiger partial charge >= 0.3 is 12.1 Å². The maximum absolute atomic E-state index is 14.2. The predicted molar refractivity (Wildman–Crippen MR) is 128 cm³/mol. The third-order valence-electron chi connectivity index (χ3n) is 5.48. The Morgan fingerprint density at radius 1 is 1.11 bits per heavy atom. The van der Waals surface area contributed by atoms with E-state index in [2.05, 4.69) is 20.6 Å². The summed E-state index contributed by atoms with van der Waals surface area (Å²) in [6.07, 6.45) is -3.62. The van der Waals surface area contributed by atoms with Crippen LogP contribution in [0.5, 0.6) is 5.75 Å². The Labute approximate surface area is 204 Å². The van der Waals surface area contributed by atoms with Crippen molar-refractivity contribution in [1.82, 2.24) is 9.97 Å². The largest absolute Gasteiger partial charge is 0.495 e. The van der Waals surface area contributed by atoms with Crippen molar-refractivity contribution in [3.63, 3.8) is 0 Å². The number of aromatic carboxylic acids is 1. The Bertz CT molecular complexity index is 1330. The quantitative estimate of drug-likeness (QED) is 0.235. The zero-order valence-corrected chi connectivity index (χ0v) is 20.4. The molecule has 1 aromatic heterocycles. The number of ether oxygens (including phenoxy) is 1. The van der Waals surface area contributed by atoms with Gasteiger partial charge in [0.05, 0.1) is 24.0 Å². The van der Waals surface area contributed by atoms with Crippen LogP contribution in [0.3, 0.4) is 0 Å². The van der Waals surface area contributed by atoms with Gasteiger partial charge in [-0.25, -0.2) is 14.2 Å². The van der Waals surface area contributed by atoms with Gasteiger partial charge in [-0.3, -0.25) is 0 Å². The Hall–Kier alpha value is -3.66.